The van der Waals surface area contributed by atoms with Gasteiger partial charge in [-0.3, -0.25) is 10.1 Å². The van der Waals surface area contributed by atoms with Crippen LogP contribution in [-0.4, -0.2) is 15.2 Å². The van der Waals surface area contributed by atoms with Crippen LogP contribution in [0.25, 0.3) is 33.1 Å². The summed E-state index contributed by atoms with van der Waals surface area (Å²) in [6, 6.07) is 14.2. The molecule has 0 atom stereocenters. The van der Waals surface area contributed by atoms with Crippen LogP contribution in [0, 0.1) is 11.3 Å². The first-order valence-corrected chi connectivity index (χ1v) is 8.54. The molecule has 0 aliphatic heterocycles. The summed E-state index contributed by atoms with van der Waals surface area (Å²) in [4.78, 5) is 4.61. The average Bonchev–Trinajstić information content (AvgIpc) is 3.11. The van der Waals surface area contributed by atoms with Crippen molar-refractivity contribution in [1.29, 1.82) is 5.26 Å². The lowest BCUT2D eigenvalue weighted by atomic mass is 9.97. The summed E-state index contributed by atoms with van der Waals surface area (Å²) < 4.78 is 0. The number of aromatic nitrogens is 3. The van der Waals surface area contributed by atoms with E-state index in [1.807, 2.05) is 30.5 Å². The Morgan fingerprint density at radius 2 is 1.76 bits per heavy atom. The van der Waals surface area contributed by atoms with Gasteiger partial charge < -0.3 is 0 Å². The first kappa shape index (κ1) is 15.3. The van der Waals surface area contributed by atoms with Crippen molar-refractivity contribution in [3.63, 3.8) is 0 Å². The van der Waals surface area contributed by atoms with Crippen LogP contribution in [0.3, 0.4) is 0 Å². The second kappa shape index (κ2) is 6.03. The maximum Gasteiger partial charge on any atom is 0.101 e. The second-order valence-corrected chi connectivity index (χ2v) is 6.15. The molecule has 122 valence electrons. The van der Waals surface area contributed by atoms with E-state index in [0.717, 1.165) is 45.9 Å². The number of nitriles is 1. The molecule has 1 N–H and O–H groups in total. The van der Waals surface area contributed by atoms with Crippen LogP contribution in [-0.2, 0) is 12.8 Å². The van der Waals surface area contributed by atoms with Gasteiger partial charge in [0, 0.05) is 16.3 Å². The highest BCUT2D eigenvalue weighted by Crippen LogP contribution is 2.33. The average molecular weight is 326 g/mol. The van der Waals surface area contributed by atoms with Crippen LogP contribution in [0.2, 0.25) is 0 Å². The molecule has 0 aliphatic rings. The highest BCUT2D eigenvalue weighted by atomic mass is 15.1. The van der Waals surface area contributed by atoms with Crippen molar-refractivity contribution < 1.29 is 0 Å². The Balaban J connectivity index is 2.02. The van der Waals surface area contributed by atoms with Gasteiger partial charge in [-0.15, -0.1) is 0 Å². The van der Waals surface area contributed by atoms with Crippen LogP contribution in [0.4, 0.5) is 0 Å². The number of H-pyrrole nitrogens is 1. The lowest BCUT2D eigenvalue weighted by Gasteiger charge is -2.09. The molecular formula is C21H18N4. The van der Waals surface area contributed by atoms with Crippen molar-refractivity contribution in [3.05, 3.63) is 59.3 Å². The lowest BCUT2D eigenvalue weighted by molar-refractivity contribution is 1.04. The number of benzene rings is 2. The van der Waals surface area contributed by atoms with Crippen LogP contribution < -0.4 is 0 Å². The highest BCUT2D eigenvalue weighted by Gasteiger charge is 2.14. The Kier molecular flexibility index (Phi) is 3.70. The third-order valence-electron chi connectivity index (χ3n) is 4.76. The molecule has 2 heterocycles. The number of aryl methyl sites for hydroxylation is 2. The van der Waals surface area contributed by atoms with Gasteiger partial charge in [0.15, 0.2) is 0 Å². The van der Waals surface area contributed by atoms with E-state index in [4.69, 9.17) is 5.26 Å². The fraction of sp³-hybridized carbons (Fsp3) is 0.190. The van der Waals surface area contributed by atoms with E-state index < -0.39 is 0 Å². The Bertz CT molecular complexity index is 1110. The minimum Gasteiger partial charge on any atom is -0.276 e. The van der Waals surface area contributed by atoms with Crippen LogP contribution in [0.1, 0.15) is 30.5 Å². The fourth-order valence-corrected chi connectivity index (χ4v) is 3.41. The minimum atomic E-state index is 0.649. The molecule has 2 aromatic heterocycles. The SMILES string of the molecule is CCc1cc2ncc3[nH]nc(-c4ccc(C#N)cc4)c3c2cc1CC. The van der Waals surface area contributed by atoms with Crippen molar-refractivity contribution in [3.8, 4) is 17.3 Å². The molecule has 0 fully saturated rings. The van der Waals surface area contributed by atoms with Gasteiger partial charge in [-0.05, 0) is 48.2 Å². The lowest BCUT2D eigenvalue weighted by Crippen LogP contribution is -1.93. The summed E-state index contributed by atoms with van der Waals surface area (Å²) in [5.41, 5.74) is 7.18. The largest absolute Gasteiger partial charge is 0.276 e. The maximum atomic E-state index is 9.00. The molecule has 2 aromatic carbocycles. The van der Waals surface area contributed by atoms with E-state index in [2.05, 4.69) is 47.2 Å². The van der Waals surface area contributed by atoms with Crippen LogP contribution in [0.5, 0.6) is 0 Å². The normalized spacial score (nSPS) is 11.1. The number of pyridine rings is 1. The van der Waals surface area contributed by atoms with Crippen molar-refractivity contribution in [1.82, 2.24) is 15.2 Å². The zero-order chi connectivity index (χ0) is 17.4. The van der Waals surface area contributed by atoms with Gasteiger partial charge in [0.2, 0.25) is 0 Å². The monoisotopic (exact) mass is 326 g/mol. The zero-order valence-corrected chi connectivity index (χ0v) is 14.3. The number of hydrogen-bond acceptors (Lipinski definition) is 3. The van der Waals surface area contributed by atoms with Gasteiger partial charge in [0.1, 0.15) is 5.69 Å². The van der Waals surface area contributed by atoms with Crippen molar-refractivity contribution in [2.45, 2.75) is 26.7 Å². The Labute approximate surface area is 146 Å². The van der Waals surface area contributed by atoms with E-state index in [1.165, 1.54) is 11.1 Å². The molecule has 0 bridgehead atoms. The van der Waals surface area contributed by atoms with Gasteiger partial charge in [-0.25, -0.2) is 0 Å². The van der Waals surface area contributed by atoms with E-state index in [0.29, 0.717) is 5.56 Å². The molecule has 25 heavy (non-hydrogen) atoms. The topological polar surface area (TPSA) is 65.4 Å². The summed E-state index contributed by atoms with van der Waals surface area (Å²) in [7, 11) is 0. The molecule has 0 saturated heterocycles. The van der Waals surface area contributed by atoms with E-state index >= 15 is 0 Å². The zero-order valence-electron chi connectivity index (χ0n) is 14.3. The van der Waals surface area contributed by atoms with E-state index in [-0.39, 0.29) is 0 Å². The summed E-state index contributed by atoms with van der Waals surface area (Å²) in [5.74, 6) is 0. The highest BCUT2D eigenvalue weighted by molar-refractivity contribution is 6.11. The third kappa shape index (κ3) is 2.45. The first-order valence-electron chi connectivity index (χ1n) is 8.54. The van der Waals surface area contributed by atoms with Gasteiger partial charge in [-0.1, -0.05) is 26.0 Å². The standard InChI is InChI=1S/C21H18N4/c1-3-14-9-17-18(10-15(14)4-2)23-12-19-20(17)21(25-24-19)16-7-5-13(11-22)6-8-16/h5-10,12H,3-4H2,1-2H3,(H,24,25). The summed E-state index contributed by atoms with van der Waals surface area (Å²) >= 11 is 0. The van der Waals surface area contributed by atoms with Gasteiger partial charge >= 0.3 is 0 Å². The molecule has 4 nitrogen and oxygen atoms in total. The number of fused-ring (bicyclic) bond motifs is 3. The quantitative estimate of drug-likeness (QED) is 0.589. The third-order valence-corrected chi connectivity index (χ3v) is 4.76. The number of nitrogens with one attached hydrogen (secondary N) is 1. The minimum absolute atomic E-state index is 0.649. The molecule has 4 rings (SSSR count). The predicted octanol–water partition coefficient (Wildman–Crippen LogP) is 4.77. The molecule has 0 amide bonds. The maximum absolute atomic E-state index is 9.00. The van der Waals surface area contributed by atoms with Gasteiger partial charge in [-0.2, -0.15) is 10.4 Å². The Hall–Kier alpha value is -3.19. The molecule has 0 unspecified atom stereocenters. The van der Waals surface area contributed by atoms with E-state index in [9.17, 15) is 0 Å². The summed E-state index contributed by atoms with van der Waals surface area (Å²) in [6.45, 7) is 4.36. The molecule has 0 aliphatic carbocycles. The number of rotatable bonds is 3. The number of nitrogens with zero attached hydrogens (tertiary/aromatic N) is 3. The van der Waals surface area contributed by atoms with Crippen molar-refractivity contribution in [2.75, 3.05) is 0 Å². The molecule has 0 radical (unpaired) electrons. The first-order chi connectivity index (χ1) is 12.2. The Morgan fingerprint density at radius 3 is 2.44 bits per heavy atom. The molecular weight excluding hydrogens is 308 g/mol. The smallest absolute Gasteiger partial charge is 0.101 e. The van der Waals surface area contributed by atoms with Crippen LogP contribution >= 0.6 is 0 Å². The van der Waals surface area contributed by atoms with E-state index in [1.54, 1.807) is 0 Å². The summed E-state index contributed by atoms with van der Waals surface area (Å²) in [6.07, 6.45) is 3.86. The molecule has 0 spiro atoms. The van der Waals surface area contributed by atoms with Crippen molar-refractivity contribution in [2.24, 2.45) is 0 Å². The molecule has 0 saturated carbocycles. The van der Waals surface area contributed by atoms with Crippen molar-refractivity contribution >= 4 is 21.8 Å². The van der Waals surface area contributed by atoms with Gasteiger partial charge in [0.05, 0.1) is 28.9 Å². The van der Waals surface area contributed by atoms with Gasteiger partial charge in [0.25, 0.3) is 0 Å². The predicted molar refractivity (Wildman–Crippen MR) is 100 cm³/mol. The second-order valence-electron chi connectivity index (χ2n) is 6.15. The van der Waals surface area contributed by atoms with Crippen LogP contribution in [0.15, 0.2) is 42.6 Å². The Morgan fingerprint density at radius 1 is 1.04 bits per heavy atom. The molecule has 4 aromatic rings. The number of hydrogen-bond donors (Lipinski definition) is 1. The number of aromatic amines is 1. The molecule has 4 heteroatoms. The summed E-state index contributed by atoms with van der Waals surface area (Å²) in [5, 5.41) is 18.8. The fourth-order valence-electron chi connectivity index (χ4n) is 3.41.